The maximum atomic E-state index is 14.1. The lowest BCUT2D eigenvalue weighted by molar-refractivity contribution is -0.535. The Labute approximate surface area is 185 Å². The molecular formula is C10H4F22N4O. The van der Waals surface area contributed by atoms with Crippen molar-refractivity contribution < 1.29 is 102 Å². The van der Waals surface area contributed by atoms with E-state index in [4.69, 9.17) is 0 Å². The molecule has 0 aromatic rings. The molecule has 0 N–H and O–H groups in total. The summed E-state index contributed by atoms with van der Waals surface area (Å²) in [6.45, 7) is -8.94. The van der Waals surface area contributed by atoms with Crippen LogP contribution in [0, 0.1) is 0 Å². The van der Waals surface area contributed by atoms with Crippen LogP contribution in [0.5, 0.6) is 0 Å². The molecule has 0 aliphatic heterocycles. The van der Waals surface area contributed by atoms with Gasteiger partial charge in [-0.2, -0.15) is 61.5 Å². The van der Waals surface area contributed by atoms with Gasteiger partial charge >= 0.3 is 36.0 Å². The Kier molecular flexibility index (Phi) is 9.62. The van der Waals surface area contributed by atoms with Crippen molar-refractivity contribution in [1.29, 1.82) is 0 Å². The summed E-state index contributed by atoms with van der Waals surface area (Å²) in [5.41, 5.74) is -15.0. The van der Waals surface area contributed by atoms with Crippen molar-refractivity contribution in [2.24, 2.45) is 0 Å². The first kappa shape index (κ1) is 35.3. The number of alkyl halides is 14. The number of hydrogen-bond donors (Lipinski definition) is 0. The molecule has 0 rings (SSSR count). The fourth-order valence-electron chi connectivity index (χ4n) is 2.23. The summed E-state index contributed by atoms with van der Waals surface area (Å²) in [5, 5.41) is -15.4. The zero-order valence-corrected chi connectivity index (χ0v) is 15.9. The standard InChI is InChI=1S/C10H4F22N4O/c11-5(12,7(15,16)9(19,20)21)3(35(29)30,1-33(25)26)37-4(36(31)32,2-34(27)28)6(13,14)8(17,18)10(22,23)24/h1-2H2. The lowest BCUT2D eigenvalue weighted by Gasteiger charge is -2.49. The highest BCUT2D eigenvalue weighted by atomic mass is 19.4. The van der Waals surface area contributed by atoms with Gasteiger partial charge in [0.2, 0.25) is 0 Å². The number of halogens is 22. The van der Waals surface area contributed by atoms with E-state index in [2.05, 4.69) is 4.74 Å². The molecule has 0 radical (unpaired) electrons. The molecule has 37 heavy (non-hydrogen) atoms. The predicted molar refractivity (Wildman–Crippen MR) is 64.4 cm³/mol. The summed E-state index contributed by atoms with van der Waals surface area (Å²) in [6, 6.07) is 0. The van der Waals surface area contributed by atoms with E-state index < -0.39 is 82.0 Å². The Hall–Kier alpha value is -1.74. The number of nitrogens with zero attached hydrogens (tertiary/aromatic N) is 4. The number of rotatable bonds is 12. The van der Waals surface area contributed by atoms with Gasteiger partial charge < -0.3 is 4.74 Å². The predicted octanol–water partition coefficient (Wildman–Crippen LogP) is 6.35. The van der Waals surface area contributed by atoms with Gasteiger partial charge in [-0.1, -0.05) is 17.9 Å². The Morgan fingerprint density at radius 2 is 0.595 bits per heavy atom. The van der Waals surface area contributed by atoms with E-state index in [1.807, 2.05) is 0 Å². The normalized spacial score (nSPS) is 18.6. The first-order chi connectivity index (χ1) is 15.9. The largest absolute Gasteiger partial charge is 0.460 e. The molecule has 0 aromatic carbocycles. The van der Waals surface area contributed by atoms with Crippen LogP contribution in [0.3, 0.4) is 0 Å². The quantitative estimate of drug-likeness (QED) is 0.145. The van der Waals surface area contributed by atoms with Crippen molar-refractivity contribution in [2.75, 3.05) is 13.1 Å². The average molecular weight is 614 g/mol. The number of hydrogen-bond acceptors (Lipinski definition) is 5. The van der Waals surface area contributed by atoms with Gasteiger partial charge in [-0.15, -0.1) is 17.9 Å². The van der Waals surface area contributed by atoms with Crippen LogP contribution >= 0.6 is 0 Å². The fourth-order valence-corrected chi connectivity index (χ4v) is 2.23. The molecule has 0 saturated heterocycles. The van der Waals surface area contributed by atoms with Gasteiger partial charge in [0.05, 0.1) is 10.7 Å². The van der Waals surface area contributed by atoms with E-state index >= 15 is 0 Å². The Morgan fingerprint density at radius 1 is 0.378 bits per heavy atom. The second kappa shape index (κ2) is 10.1. The van der Waals surface area contributed by atoms with E-state index in [1.165, 1.54) is 0 Å². The summed E-state index contributed by atoms with van der Waals surface area (Å²) in [4.78, 5) is 0. The van der Waals surface area contributed by atoms with Crippen LogP contribution in [0.2, 0.25) is 0 Å². The van der Waals surface area contributed by atoms with E-state index in [0.717, 1.165) is 0 Å². The van der Waals surface area contributed by atoms with Gasteiger partial charge in [0.15, 0.2) is 0 Å². The van der Waals surface area contributed by atoms with Crippen molar-refractivity contribution in [1.82, 2.24) is 21.4 Å². The van der Waals surface area contributed by atoms with Crippen molar-refractivity contribution in [2.45, 2.75) is 47.5 Å². The smallest absolute Gasteiger partial charge is 0.314 e. The van der Waals surface area contributed by atoms with Crippen LogP contribution in [0.15, 0.2) is 0 Å². The topological polar surface area (TPSA) is 22.2 Å². The van der Waals surface area contributed by atoms with Crippen LogP contribution < -0.4 is 0 Å². The lowest BCUT2D eigenvalue weighted by Crippen LogP contribution is -2.79. The molecule has 0 aromatic heterocycles. The molecule has 5 nitrogen and oxygen atoms in total. The Balaban J connectivity index is 7.92. The Morgan fingerprint density at radius 3 is 0.730 bits per heavy atom. The second-order valence-electron chi connectivity index (χ2n) is 6.35. The van der Waals surface area contributed by atoms with Crippen LogP contribution in [0.25, 0.3) is 0 Å². The average Bonchev–Trinajstić information content (AvgIpc) is 2.62. The number of ether oxygens (including phenoxy) is 1. The molecule has 27 heteroatoms. The molecule has 0 bridgehead atoms. The van der Waals surface area contributed by atoms with Crippen molar-refractivity contribution in [3.05, 3.63) is 0 Å². The van der Waals surface area contributed by atoms with Gasteiger partial charge in [-0.05, 0) is 0 Å². The fraction of sp³-hybridized carbons (Fsp3) is 1.00. The molecule has 2 unspecified atom stereocenters. The van der Waals surface area contributed by atoms with E-state index in [1.54, 1.807) is 0 Å². The van der Waals surface area contributed by atoms with E-state index in [0.29, 0.717) is 0 Å². The van der Waals surface area contributed by atoms with Crippen molar-refractivity contribution in [3.63, 3.8) is 0 Å². The summed E-state index contributed by atoms with van der Waals surface area (Å²) in [6.07, 6.45) is -15.9. The van der Waals surface area contributed by atoms with Gasteiger partial charge in [0.25, 0.3) is 11.4 Å². The third kappa shape index (κ3) is 5.54. The molecular weight excluding hydrogens is 610 g/mol. The molecule has 0 fully saturated rings. The molecule has 0 spiro atoms. The molecule has 0 aliphatic carbocycles. The zero-order valence-electron chi connectivity index (χ0n) is 15.9. The van der Waals surface area contributed by atoms with Crippen LogP contribution in [0.1, 0.15) is 0 Å². The first-order valence-corrected chi connectivity index (χ1v) is 7.69. The minimum atomic E-state index is -8.36. The van der Waals surface area contributed by atoms with Gasteiger partial charge in [-0.3, -0.25) is 0 Å². The maximum absolute atomic E-state index is 14.1. The Bertz CT molecular complexity index is 702. The van der Waals surface area contributed by atoms with Gasteiger partial charge in [0, 0.05) is 10.7 Å². The van der Waals surface area contributed by atoms with Gasteiger partial charge in [0.1, 0.15) is 13.1 Å². The minimum absolute atomic E-state index is 2.11. The highest BCUT2D eigenvalue weighted by molar-refractivity contribution is 5.10. The first-order valence-electron chi connectivity index (χ1n) is 7.69. The monoisotopic (exact) mass is 614 g/mol. The highest BCUT2D eigenvalue weighted by Crippen LogP contribution is 2.59. The lowest BCUT2D eigenvalue weighted by atomic mass is 9.94. The third-order valence-corrected chi connectivity index (χ3v) is 4.03. The molecule has 0 saturated carbocycles. The van der Waals surface area contributed by atoms with Crippen LogP contribution in [-0.2, 0) is 4.74 Å². The molecule has 0 amide bonds. The van der Waals surface area contributed by atoms with Crippen molar-refractivity contribution >= 4 is 0 Å². The molecule has 0 heterocycles. The van der Waals surface area contributed by atoms with E-state index in [9.17, 15) is 97.3 Å². The molecule has 224 valence electrons. The maximum Gasteiger partial charge on any atom is 0.460 e. The van der Waals surface area contributed by atoms with Crippen LogP contribution in [0.4, 0.5) is 97.3 Å². The third-order valence-electron chi connectivity index (χ3n) is 4.03. The second-order valence-corrected chi connectivity index (χ2v) is 6.35. The summed E-state index contributed by atoms with van der Waals surface area (Å²) < 4.78 is 289. The summed E-state index contributed by atoms with van der Waals surface area (Å²) in [7, 11) is 0. The zero-order chi connectivity index (χ0) is 30.4. The SMILES string of the molecule is FN(F)CC(OC(CN(F)F)(N(F)F)C(F)(F)C(F)(F)C(F)(F)F)(N(F)F)C(F)(F)C(F)(F)C(F)(F)F. The highest BCUT2D eigenvalue weighted by Gasteiger charge is 2.89. The van der Waals surface area contributed by atoms with E-state index in [-0.39, 0.29) is 0 Å². The summed E-state index contributed by atoms with van der Waals surface area (Å²) in [5.74, 6) is -33.3. The van der Waals surface area contributed by atoms with Crippen molar-refractivity contribution in [3.8, 4) is 0 Å². The van der Waals surface area contributed by atoms with Gasteiger partial charge in [-0.25, -0.2) is 0 Å². The minimum Gasteiger partial charge on any atom is -0.314 e. The summed E-state index contributed by atoms with van der Waals surface area (Å²) >= 11 is 0. The molecule has 2 atom stereocenters. The molecule has 0 aliphatic rings. The van der Waals surface area contributed by atoms with Crippen LogP contribution in [-0.4, -0.2) is 82.0 Å².